The van der Waals surface area contributed by atoms with Gasteiger partial charge < -0.3 is 5.73 Å². The second-order valence-electron chi connectivity index (χ2n) is 3.05. The van der Waals surface area contributed by atoms with Crippen LogP contribution in [0.1, 0.15) is 0 Å². The Balaban J connectivity index is 2.69. The lowest BCUT2D eigenvalue weighted by atomic mass is 10.1. The van der Waals surface area contributed by atoms with E-state index in [1.165, 1.54) is 0 Å². The summed E-state index contributed by atoms with van der Waals surface area (Å²) in [6, 6.07) is 9.09. The van der Waals surface area contributed by atoms with Gasteiger partial charge in [0.15, 0.2) is 0 Å². The molecule has 0 saturated carbocycles. The fourth-order valence-electron chi connectivity index (χ4n) is 1.38. The molecule has 1 heterocycles. The summed E-state index contributed by atoms with van der Waals surface area (Å²) >= 11 is 12.0. The van der Waals surface area contributed by atoms with Gasteiger partial charge in [-0.3, -0.25) is 0 Å². The SMILES string of the molecule is Nc1ccnc(Cl)c1-c1ccccc1Cl. The summed E-state index contributed by atoms with van der Waals surface area (Å²) in [6.45, 7) is 0. The molecule has 2 N–H and O–H groups in total. The third-order valence-corrected chi connectivity index (χ3v) is 2.70. The van der Waals surface area contributed by atoms with E-state index in [1.54, 1.807) is 18.3 Å². The highest BCUT2D eigenvalue weighted by molar-refractivity contribution is 6.36. The van der Waals surface area contributed by atoms with Crippen LogP contribution in [-0.2, 0) is 0 Å². The van der Waals surface area contributed by atoms with E-state index in [9.17, 15) is 0 Å². The van der Waals surface area contributed by atoms with Crippen molar-refractivity contribution >= 4 is 28.9 Å². The Morgan fingerprint density at radius 3 is 2.47 bits per heavy atom. The van der Waals surface area contributed by atoms with E-state index < -0.39 is 0 Å². The Bertz CT molecular complexity index is 477. The second-order valence-corrected chi connectivity index (χ2v) is 3.81. The molecule has 2 nitrogen and oxygen atoms in total. The fraction of sp³-hybridized carbons (Fsp3) is 0. The molecule has 0 bridgehead atoms. The van der Waals surface area contributed by atoms with Crippen LogP contribution in [0.25, 0.3) is 11.1 Å². The van der Waals surface area contributed by atoms with Gasteiger partial charge in [0, 0.05) is 28.0 Å². The molecule has 2 rings (SSSR count). The van der Waals surface area contributed by atoms with Gasteiger partial charge in [0.25, 0.3) is 0 Å². The number of aromatic nitrogens is 1. The molecule has 0 fully saturated rings. The third-order valence-electron chi connectivity index (χ3n) is 2.08. The molecule has 0 aliphatic carbocycles. The van der Waals surface area contributed by atoms with Crippen LogP contribution in [0.5, 0.6) is 0 Å². The molecule has 0 spiro atoms. The van der Waals surface area contributed by atoms with Crippen molar-refractivity contribution in [1.29, 1.82) is 0 Å². The minimum Gasteiger partial charge on any atom is -0.398 e. The first-order valence-corrected chi connectivity index (χ1v) is 5.10. The quantitative estimate of drug-likeness (QED) is 0.771. The van der Waals surface area contributed by atoms with Crippen LogP contribution < -0.4 is 5.73 Å². The molecule has 76 valence electrons. The topological polar surface area (TPSA) is 38.9 Å². The molecule has 0 atom stereocenters. The van der Waals surface area contributed by atoms with Gasteiger partial charge in [-0.15, -0.1) is 0 Å². The minimum absolute atomic E-state index is 0.364. The maximum Gasteiger partial charge on any atom is 0.138 e. The zero-order valence-corrected chi connectivity index (χ0v) is 9.26. The number of pyridine rings is 1. The van der Waals surface area contributed by atoms with Crippen LogP contribution in [0.3, 0.4) is 0 Å². The minimum atomic E-state index is 0.364. The van der Waals surface area contributed by atoms with Crippen molar-refractivity contribution < 1.29 is 0 Å². The van der Waals surface area contributed by atoms with E-state index in [0.717, 1.165) is 5.56 Å². The molecule has 0 saturated heterocycles. The third kappa shape index (κ3) is 1.91. The zero-order chi connectivity index (χ0) is 10.8. The van der Waals surface area contributed by atoms with E-state index >= 15 is 0 Å². The lowest BCUT2D eigenvalue weighted by Gasteiger charge is -2.08. The number of hydrogen-bond acceptors (Lipinski definition) is 2. The van der Waals surface area contributed by atoms with Gasteiger partial charge in [-0.2, -0.15) is 0 Å². The van der Waals surface area contributed by atoms with E-state index in [2.05, 4.69) is 4.98 Å². The van der Waals surface area contributed by atoms with Gasteiger partial charge in [-0.1, -0.05) is 41.4 Å². The van der Waals surface area contributed by atoms with Crippen LogP contribution in [0.2, 0.25) is 10.2 Å². The number of nitrogen functional groups attached to an aromatic ring is 1. The Labute approximate surface area is 97.7 Å². The van der Waals surface area contributed by atoms with Crippen molar-refractivity contribution in [2.45, 2.75) is 0 Å². The molecule has 0 unspecified atom stereocenters. The fourth-order valence-corrected chi connectivity index (χ4v) is 1.88. The summed E-state index contributed by atoms with van der Waals surface area (Å²) in [5.74, 6) is 0. The lowest BCUT2D eigenvalue weighted by molar-refractivity contribution is 1.33. The number of anilines is 1. The molecule has 0 aliphatic heterocycles. The molecule has 1 aromatic heterocycles. The number of halogens is 2. The smallest absolute Gasteiger partial charge is 0.138 e. The molecule has 0 aliphatic rings. The van der Waals surface area contributed by atoms with Crippen LogP contribution in [0.4, 0.5) is 5.69 Å². The van der Waals surface area contributed by atoms with E-state index in [1.807, 2.05) is 18.2 Å². The van der Waals surface area contributed by atoms with Gasteiger partial charge in [0.2, 0.25) is 0 Å². The normalized spacial score (nSPS) is 10.3. The summed E-state index contributed by atoms with van der Waals surface area (Å²) in [5, 5.41) is 0.974. The highest BCUT2D eigenvalue weighted by Gasteiger charge is 2.10. The lowest BCUT2D eigenvalue weighted by Crippen LogP contribution is -1.93. The zero-order valence-electron chi connectivity index (χ0n) is 7.74. The average molecular weight is 239 g/mol. The Kier molecular flexibility index (Phi) is 2.80. The van der Waals surface area contributed by atoms with Crippen molar-refractivity contribution in [3.8, 4) is 11.1 Å². The van der Waals surface area contributed by atoms with Gasteiger partial charge in [0.1, 0.15) is 5.15 Å². The first-order valence-electron chi connectivity index (χ1n) is 4.35. The van der Waals surface area contributed by atoms with Gasteiger partial charge in [-0.05, 0) is 12.1 Å². The molecule has 2 aromatic rings. The molecule has 0 radical (unpaired) electrons. The summed E-state index contributed by atoms with van der Waals surface area (Å²) in [7, 11) is 0. The number of nitrogens with two attached hydrogens (primary N) is 1. The molecule has 1 aromatic carbocycles. The Morgan fingerprint density at radius 1 is 1.07 bits per heavy atom. The maximum atomic E-state index is 6.06. The number of nitrogens with zero attached hydrogens (tertiary/aromatic N) is 1. The van der Waals surface area contributed by atoms with Crippen molar-refractivity contribution in [3.63, 3.8) is 0 Å². The predicted molar refractivity (Wildman–Crippen MR) is 64.1 cm³/mol. The number of benzene rings is 1. The Morgan fingerprint density at radius 2 is 1.80 bits per heavy atom. The molecular weight excluding hydrogens is 231 g/mol. The molecule has 4 heteroatoms. The average Bonchev–Trinajstić information content (AvgIpc) is 2.20. The molecule has 0 amide bonds. The highest BCUT2D eigenvalue weighted by atomic mass is 35.5. The predicted octanol–water partition coefficient (Wildman–Crippen LogP) is 3.64. The van der Waals surface area contributed by atoms with E-state index in [4.69, 9.17) is 28.9 Å². The molecule has 15 heavy (non-hydrogen) atoms. The summed E-state index contributed by atoms with van der Waals surface area (Å²) in [5.41, 5.74) is 7.90. The summed E-state index contributed by atoms with van der Waals surface area (Å²) in [6.07, 6.45) is 1.57. The second kappa shape index (κ2) is 4.09. The molecular formula is C11H8Cl2N2. The standard InChI is InChI=1S/C11H8Cl2N2/c12-8-4-2-1-3-7(8)10-9(14)5-6-15-11(10)13/h1-6H,(H2,14,15). The first kappa shape index (κ1) is 10.3. The van der Waals surface area contributed by atoms with Crippen LogP contribution in [0.15, 0.2) is 36.5 Å². The Hall–Kier alpha value is -1.25. The van der Waals surface area contributed by atoms with E-state index in [-0.39, 0.29) is 0 Å². The maximum absolute atomic E-state index is 6.06. The van der Waals surface area contributed by atoms with Crippen molar-refractivity contribution in [2.75, 3.05) is 5.73 Å². The highest BCUT2D eigenvalue weighted by Crippen LogP contribution is 2.35. The van der Waals surface area contributed by atoms with Gasteiger partial charge in [-0.25, -0.2) is 4.98 Å². The van der Waals surface area contributed by atoms with Crippen LogP contribution in [-0.4, -0.2) is 4.98 Å². The number of hydrogen-bond donors (Lipinski definition) is 1. The van der Waals surface area contributed by atoms with Crippen LogP contribution >= 0.6 is 23.2 Å². The van der Waals surface area contributed by atoms with E-state index in [0.29, 0.717) is 21.4 Å². The van der Waals surface area contributed by atoms with Crippen molar-refractivity contribution in [2.24, 2.45) is 0 Å². The van der Waals surface area contributed by atoms with Gasteiger partial charge in [0.05, 0.1) is 0 Å². The largest absolute Gasteiger partial charge is 0.398 e. The number of rotatable bonds is 1. The summed E-state index contributed by atoms with van der Waals surface area (Å²) in [4.78, 5) is 3.98. The summed E-state index contributed by atoms with van der Waals surface area (Å²) < 4.78 is 0. The van der Waals surface area contributed by atoms with Crippen molar-refractivity contribution in [3.05, 3.63) is 46.7 Å². The monoisotopic (exact) mass is 238 g/mol. The first-order chi connectivity index (χ1) is 7.20. The van der Waals surface area contributed by atoms with Crippen molar-refractivity contribution in [1.82, 2.24) is 4.98 Å². The van der Waals surface area contributed by atoms with Crippen LogP contribution in [0, 0.1) is 0 Å². The van der Waals surface area contributed by atoms with Gasteiger partial charge >= 0.3 is 0 Å².